The predicted molar refractivity (Wildman–Crippen MR) is 68.5 cm³/mol. The Balaban J connectivity index is 1.96. The van der Waals surface area contributed by atoms with Gasteiger partial charge < -0.3 is 15.8 Å². The molecular formula is C12H20N4O. The van der Waals surface area contributed by atoms with Crippen molar-refractivity contribution in [2.75, 3.05) is 23.9 Å². The van der Waals surface area contributed by atoms with Crippen molar-refractivity contribution in [3.8, 4) is 0 Å². The number of nitrogen functional groups attached to an aromatic ring is 1. The lowest BCUT2D eigenvalue weighted by atomic mass is 9.87. The van der Waals surface area contributed by atoms with Crippen LogP contribution in [0, 0.1) is 5.41 Å². The van der Waals surface area contributed by atoms with Crippen molar-refractivity contribution in [3.63, 3.8) is 0 Å². The standard InChI is InChI=1S/C12H20N4O/c13-16-11-5-3-4-10(15-11)14-8-12(9-17)6-1-2-7-12/h3-5,17H,1-2,6-9,13H2,(H2,14,15,16). The van der Waals surface area contributed by atoms with Crippen molar-refractivity contribution in [2.24, 2.45) is 11.3 Å². The average Bonchev–Trinajstić information content (AvgIpc) is 2.86. The SMILES string of the molecule is NNc1cccc(NCC2(CO)CCCC2)n1. The van der Waals surface area contributed by atoms with Crippen LogP contribution in [0.2, 0.25) is 0 Å². The topological polar surface area (TPSA) is 83.2 Å². The average molecular weight is 236 g/mol. The Bertz CT molecular complexity index is 363. The molecule has 0 aromatic carbocycles. The van der Waals surface area contributed by atoms with Crippen molar-refractivity contribution in [1.29, 1.82) is 0 Å². The van der Waals surface area contributed by atoms with Gasteiger partial charge >= 0.3 is 0 Å². The van der Waals surface area contributed by atoms with Crippen LogP contribution in [-0.4, -0.2) is 23.2 Å². The Labute approximate surface area is 101 Å². The minimum Gasteiger partial charge on any atom is -0.396 e. The zero-order valence-electron chi connectivity index (χ0n) is 9.95. The Hall–Kier alpha value is -1.33. The van der Waals surface area contributed by atoms with Gasteiger partial charge in [0.25, 0.3) is 0 Å². The number of aliphatic hydroxyl groups is 1. The summed E-state index contributed by atoms with van der Waals surface area (Å²) in [5.41, 5.74) is 2.55. The summed E-state index contributed by atoms with van der Waals surface area (Å²) >= 11 is 0. The first-order chi connectivity index (χ1) is 8.28. The molecule has 1 aliphatic rings. The number of rotatable bonds is 5. The molecule has 94 valence electrons. The van der Waals surface area contributed by atoms with E-state index in [4.69, 9.17) is 5.84 Å². The molecule has 0 saturated heterocycles. The summed E-state index contributed by atoms with van der Waals surface area (Å²) in [6.07, 6.45) is 4.59. The molecule has 0 amide bonds. The highest BCUT2D eigenvalue weighted by Crippen LogP contribution is 2.37. The van der Waals surface area contributed by atoms with Gasteiger partial charge in [-0.25, -0.2) is 10.8 Å². The first-order valence-electron chi connectivity index (χ1n) is 6.06. The zero-order chi connectivity index (χ0) is 12.1. The highest BCUT2D eigenvalue weighted by atomic mass is 16.3. The molecule has 0 aliphatic heterocycles. The highest BCUT2D eigenvalue weighted by molar-refractivity contribution is 5.44. The zero-order valence-corrected chi connectivity index (χ0v) is 9.95. The van der Waals surface area contributed by atoms with Gasteiger partial charge in [-0.1, -0.05) is 18.9 Å². The van der Waals surface area contributed by atoms with Crippen molar-refractivity contribution >= 4 is 11.6 Å². The normalized spacial score (nSPS) is 18.0. The smallest absolute Gasteiger partial charge is 0.142 e. The van der Waals surface area contributed by atoms with E-state index in [0.29, 0.717) is 5.82 Å². The molecule has 1 aliphatic carbocycles. The van der Waals surface area contributed by atoms with Gasteiger partial charge in [-0.05, 0) is 25.0 Å². The second kappa shape index (κ2) is 5.33. The lowest BCUT2D eigenvalue weighted by molar-refractivity contribution is 0.142. The number of nitrogens with zero attached hydrogens (tertiary/aromatic N) is 1. The molecule has 0 unspecified atom stereocenters. The molecule has 1 saturated carbocycles. The van der Waals surface area contributed by atoms with E-state index in [0.717, 1.165) is 25.2 Å². The fraction of sp³-hybridized carbons (Fsp3) is 0.583. The number of pyridine rings is 1. The van der Waals surface area contributed by atoms with E-state index >= 15 is 0 Å². The molecular weight excluding hydrogens is 216 g/mol. The maximum atomic E-state index is 9.50. The Morgan fingerprint density at radius 1 is 1.29 bits per heavy atom. The molecule has 0 atom stereocenters. The lowest BCUT2D eigenvalue weighted by Gasteiger charge is -2.26. The number of hydrazine groups is 1. The molecule has 5 N–H and O–H groups in total. The molecule has 0 bridgehead atoms. The van der Waals surface area contributed by atoms with E-state index in [1.165, 1.54) is 12.8 Å². The summed E-state index contributed by atoms with van der Waals surface area (Å²) in [6, 6.07) is 5.61. The van der Waals surface area contributed by atoms with Gasteiger partial charge in [-0.2, -0.15) is 0 Å². The maximum absolute atomic E-state index is 9.50. The van der Waals surface area contributed by atoms with Gasteiger partial charge in [0.1, 0.15) is 11.6 Å². The van der Waals surface area contributed by atoms with E-state index in [2.05, 4.69) is 15.7 Å². The number of hydrogen-bond acceptors (Lipinski definition) is 5. The third kappa shape index (κ3) is 2.87. The first-order valence-corrected chi connectivity index (χ1v) is 6.06. The van der Waals surface area contributed by atoms with Crippen molar-refractivity contribution in [1.82, 2.24) is 4.98 Å². The number of aliphatic hydroxyl groups excluding tert-OH is 1. The second-order valence-corrected chi connectivity index (χ2v) is 4.77. The number of nitrogens with two attached hydrogens (primary N) is 1. The maximum Gasteiger partial charge on any atom is 0.142 e. The third-order valence-electron chi connectivity index (χ3n) is 3.54. The molecule has 1 aromatic rings. The van der Waals surface area contributed by atoms with Crippen molar-refractivity contribution in [3.05, 3.63) is 18.2 Å². The molecule has 17 heavy (non-hydrogen) atoms. The predicted octanol–water partition coefficient (Wildman–Crippen LogP) is 1.33. The monoisotopic (exact) mass is 236 g/mol. The largest absolute Gasteiger partial charge is 0.396 e. The van der Waals surface area contributed by atoms with Crippen LogP contribution in [0.5, 0.6) is 0 Å². The van der Waals surface area contributed by atoms with Gasteiger partial charge in [0.15, 0.2) is 0 Å². The number of nitrogens with one attached hydrogen (secondary N) is 2. The Morgan fingerprint density at radius 3 is 2.65 bits per heavy atom. The van der Waals surface area contributed by atoms with Crippen LogP contribution in [0.1, 0.15) is 25.7 Å². The number of aromatic nitrogens is 1. The molecule has 1 aromatic heterocycles. The first kappa shape index (κ1) is 12.1. The highest BCUT2D eigenvalue weighted by Gasteiger charge is 2.32. The second-order valence-electron chi connectivity index (χ2n) is 4.77. The summed E-state index contributed by atoms with van der Waals surface area (Å²) in [6.45, 7) is 1.01. The van der Waals surface area contributed by atoms with Crippen LogP contribution in [0.3, 0.4) is 0 Å². The van der Waals surface area contributed by atoms with Crippen LogP contribution >= 0.6 is 0 Å². The minimum atomic E-state index is 0.0355. The van der Waals surface area contributed by atoms with Gasteiger partial charge in [-0.15, -0.1) is 0 Å². The van der Waals surface area contributed by atoms with E-state index in [-0.39, 0.29) is 12.0 Å². The Kier molecular flexibility index (Phi) is 3.81. The number of anilines is 2. The fourth-order valence-corrected chi connectivity index (χ4v) is 2.41. The van der Waals surface area contributed by atoms with Gasteiger partial charge in [0.05, 0.1) is 6.61 Å². The third-order valence-corrected chi connectivity index (χ3v) is 3.54. The summed E-state index contributed by atoms with van der Waals surface area (Å²) in [5, 5.41) is 12.8. The summed E-state index contributed by atoms with van der Waals surface area (Å²) in [7, 11) is 0. The van der Waals surface area contributed by atoms with Crippen LogP contribution in [-0.2, 0) is 0 Å². The molecule has 5 nitrogen and oxygen atoms in total. The molecule has 5 heteroatoms. The lowest BCUT2D eigenvalue weighted by Crippen LogP contribution is -2.30. The van der Waals surface area contributed by atoms with E-state index in [1.807, 2.05) is 18.2 Å². The molecule has 2 rings (SSSR count). The quantitative estimate of drug-likeness (QED) is 0.458. The van der Waals surface area contributed by atoms with Gasteiger partial charge in [0.2, 0.25) is 0 Å². The molecule has 0 radical (unpaired) electrons. The molecule has 1 fully saturated rings. The van der Waals surface area contributed by atoms with Crippen molar-refractivity contribution < 1.29 is 5.11 Å². The van der Waals surface area contributed by atoms with E-state index in [1.54, 1.807) is 0 Å². The fourth-order valence-electron chi connectivity index (χ4n) is 2.41. The summed E-state index contributed by atoms with van der Waals surface area (Å²) < 4.78 is 0. The molecule has 1 heterocycles. The summed E-state index contributed by atoms with van der Waals surface area (Å²) in [5.74, 6) is 6.74. The van der Waals surface area contributed by atoms with Crippen LogP contribution in [0.4, 0.5) is 11.6 Å². The van der Waals surface area contributed by atoms with Gasteiger partial charge in [0, 0.05) is 12.0 Å². The van der Waals surface area contributed by atoms with Crippen LogP contribution in [0.25, 0.3) is 0 Å². The van der Waals surface area contributed by atoms with Gasteiger partial charge in [-0.3, -0.25) is 0 Å². The van der Waals surface area contributed by atoms with E-state index < -0.39 is 0 Å². The summed E-state index contributed by atoms with van der Waals surface area (Å²) in [4.78, 5) is 4.29. The van der Waals surface area contributed by atoms with Crippen LogP contribution in [0.15, 0.2) is 18.2 Å². The molecule has 0 spiro atoms. The van der Waals surface area contributed by atoms with Crippen molar-refractivity contribution in [2.45, 2.75) is 25.7 Å². The van der Waals surface area contributed by atoms with E-state index in [9.17, 15) is 5.11 Å². The number of hydrogen-bond donors (Lipinski definition) is 4. The minimum absolute atomic E-state index is 0.0355. The Morgan fingerprint density at radius 2 is 2.00 bits per heavy atom. The van der Waals surface area contributed by atoms with Crippen LogP contribution < -0.4 is 16.6 Å².